The molecule has 2 fully saturated rings. The van der Waals surface area contributed by atoms with Gasteiger partial charge in [-0.25, -0.2) is 8.42 Å². The van der Waals surface area contributed by atoms with Gasteiger partial charge in [-0.15, -0.1) is 0 Å². The van der Waals surface area contributed by atoms with Crippen molar-refractivity contribution in [3.05, 3.63) is 0 Å². The minimum atomic E-state index is -2.73. The summed E-state index contributed by atoms with van der Waals surface area (Å²) in [5.74, 6) is 1.51. The first-order valence-electron chi connectivity index (χ1n) is 4.80. The van der Waals surface area contributed by atoms with Crippen LogP contribution in [0.5, 0.6) is 0 Å². The molecule has 76 valence electrons. The van der Waals surface area contributed by atoms with Crippen LogP contribution in [0.2, 0.25) is 0 Å². The van der Waals surface area contributed by atoms with Crippen LogP contribution in [0.3, 0.4) is 0 Å². The van der Waals surface area contributed by atoms with Gasteiger partial charge < -0.3 is 5.73 Å². The lowest BCUT2D eigenvalue weighted by Crippen LogP contribution is -2.12. The Hall–Kier alpha value is -0.0900. The van der Waals surface area contributed by atoms with Gasteiger partial charge in [0.05, 0.1) is 11.5 Å². The molecule has 3 atom stereocenters. The van der Waals surface area contributed by atoms with E-state index < -0.39 is 9.84 Å². The average molecular weight is 203 g/mol. The van der Waals surface area contributed by atoms with E-state index in [0.29, 0.717) is 23.3 Å². The minimum Gasteiger partial charge on any atom is -0.327 e. The average Bonchev–Trinajstić information content (AvgIpc) is 2.37. The van der Waals surface area contributed by atoms with E-state index >= 15 is 0 Å². The number of hydrogen-bond donors (Lipinski definition) is 1. The molecule has 2 N–H and O–H groups in total. The third kappa shape index (κ3) is 1.40. The van der Waals surface area contributed by atoms with E-state index in [4.69, 9.17) is 5.73 Å². The normalized spacial score (nSPS) is 46.2. The fraction of sp³-hybridized carbons (Fsp3) is 1.00. The minimum absolute atomic E-state index is 0.171. The van der Waals surface area contributed by atoms with Crippen LogP contribution < -0.4 is 5.73 Å². The lowest BCUT2D eigenvalue weighted by Gasteiger charge is -2.07. The summed E-state index contributed by atoms with van der Waals surface area (Å²) >= 11 is 0. The molecule has 0 aromatic heterocycles. The van der Waals surface area contributed by atoms with Crippen LogP contribution in [-0.4, -0.2) is 26.0 Å². The highest BCUT2D eigenvalue weighted by Crippen LogP contribution is 2.56. The van der Waals surface area contributed by atoms with Crippen molar-refractivity contribution in [1.29, 1.82) is 0 Å². The Balaban J connectivity index is 2.07. The van der Waals surface area contributed by atoms with Gasteiger partial charge in [0.25, 0.3) is 0 Å². The van der Waals surface area contributed by atoms with Crippen LogP contribution in [0.1, 0.15) is 20.3 Å². The summed E-state index contributed by atoms with van der Waals surface area (Å²) in [5.41, 5.74) is 6.09. The van der Waals surface area contributed by atoms with Crippen molar-refractivity contribution in [1.82, 2.24) is 0 Å². The van der Waals surface area contributed by atoms with E-state index in [0.717, 1.165) is 6.42 Å². The van der Waals surface area contributed by atoms with Crippen LogP contribution in [0.4, 0.5) is 0 Å². The molecule has 0 bridgehead atoms. The van der Waals surface area contributed by atoms with Crippen molar-refractivity contribution in [2.75, 3.05) is 11.5 Å². The van der Waals surface area contributed by atoms with E-state index in [1.807, 2.05) is 0 Å². The lowest BCUT2D eigenvalue weighted by molar-refractivity contribution is 0.429. The van der Waals surface area contributed by atoms with E-state index in [1.54, 1.807) is 0 Å². The molecule has 0 amide bonds. The maximum atomic E-state index is 11.3. The van der Waals surface area contributed by atoms with Gasteiger partial charge in [-0.2, -0.15) is 0 Å². The van der Waals surface area contributed by atoms with Crippen LogP contribution in [0.25, 0.3) is 0 Å². The molecule has 4 heteroatoms. The maximum Gasteiger partial charge on any atom is 0.150 e. The summed E-state index contributed by atoms with van der Waals surface area (Å²) in [5, 5.41) is 0. The zero-order chi connectivity index (χ0) is 9.85. The first-order valence-corrected chi connectivity index (χ1v) is 6.63. The Kier molecular flexibility index (Phi) is 1.81. The van der Waals surface area contributed by atoms with Crippen molar-refractivity contribution >= 4 is 9.84 Å². The second kappa shape index (κ2) is 2.48. The maximum absolute atomic E-state index is 11.3. The first-order chi connectivity index (χ1) is 5.84. The van der Waals surface area contributed by atoms with Crippen LogP contribution in [0, 0.1) is 17.3 Å². The SMILES string of the molecule is CC1(C)[C@@H](N)[C@@H]1C1CCS(=O)(=O)C1. The second-order valence-corrected chi connectivity index (χ2v) is 7.26. The molecule has 2 rings (SSSR count). The molecule has 1 saturated carbocycles. The predicted octanol–water partition coefficient (Wildman–Crippen LogP) is 0.404. The summed E-state index contributed by atoms with van der Waals surface area (Å²) in [4.78, 5) is 0. The molecule has 0 spiro atoms. The van der Waals surface area contributed by atoms with E-state index in [2.05, 4.69) is 13.8 Å². The van der Waals surface area contributed by atoms with E-state index in [-0.39, 0.29) is 11.5 Å². The number of nitrogens with two attached hydrogens (primary N) is 1. The zero-order valence-corrected chi connectivity index (χ0v) is 8.97. The summed E-state index contributed by atoms with van der Waals surface area (Å²) in [6.07, 6.45) is 0.824. The third-order valence-electron chi connectivity index (χ3n) is 3.77. The highest BCUT2D eigenvalue weighted by atomic mass is 32.2. The molecule has 3 nitrogen and oxygen atoms in total. The largest absolute Gasteiger partial charge is 0.327 e. The van der Waals surface area contributed by atoms with Crippen molar-refractivity contribution in [2.45, 2.75) is 26.3 Å². The fourth-order valence-electron chi connectivity index (χ4n) is 2.73. The fourth-order valence-corrected chi connectivity index (χ4v) is 4.58. The standard InChI is InChI=1S/C9H17NO2S/c1-9(2)7(8(9)10)6-3-4-13(11,12)5-6/h6-8H,3-5,10H2,1-2H3/t6?,7-,8-/m0/s1. The van der Waals surface area contributed by atoms with Gasteiger partial charge in [-0.3, -0.25) is 0 Å². The van der Waals surface area contributed by atoms with Gasteiger partial charge >= 0.3 is 0 Å². The van der Waals surface area contributed by atoms with E-state index in [1.165, 1.54) is 0 Å². The molecule has 1 aliphatic heterocycles. The lowest BCUT2D eigenvalue weighted by atomic mass is 9.97. The van der Waals surface area contributed by atoms with E-state index in [9.17, 15) is 8.42 Å². The van der Waals surface area contributed by atoms with Crippen molar-refractivity contribution < 1.29 is 8.42 Å². The molecule has 1 saturated heterocycles. The predicted molar refractivity (Wildman–Crippen MR) is 52.0 cm³/mol. The zero-order valence-electron chi connectivity index (χ0n) is 8.16. The Labute approximate surface area is 79.6 Å². The number of sulfone groups is 1. The van der Waals surface area contributed by atoms with Crippen molar-refractivity contribution in [3.8, 4) is 0 Å². The smallest absolute Gasteiger partial charge is 0.150 e. The monoisotopic (exact) mass is 203 g/mol. The molecule has 2 aliphatic rings. The summed E-state index contributed by atoms with van der Waals surface area (Å²) in [7, 11) is -2.73. The summed E-state index contributed by atoms with van der Waals surface area (Å²) in [6, 6.07) is 0.214. The van der Waals surface area contributed by atoms with Gasteiger partial charge in [0.15, 0.2) is 9.84 Å². The van der Waals surface area contributed by atoms with Crippen molar-refractivity contribution in [3.63, 3.8) is 0 Å². The van der Waals surface area contributed by atoms with Gasteiger partial charge in [0.2, 0.25) is 0 Å². The molecular formula is C9H17NO2S. The molecule has 1 heterocycles. The molecule has 0 aromatic carbocycles. The van der Waals surface area contributed by atoms with Crippen LogP contribution in [-0.2, 0) is 9.84 Å². The summed E-state index contributed by atoms with van der Waals surface area (Å²) < 4.78 is 22.5. The van der Waals surface area contributed by atoms with Crippen LogP contribution in [0.15, 0.2) is 0 Å². The Bertz CT molecular complexity index is 321. The number of rotatable bonds is 1. The molecular weight excluding hydrogens is 186 g/mol. The Morgan fingerprint density at radius 1 is 1.38 bits per heavy atom. The summed E-state index contributed by atoms with van der Waals surface area (Å²) in [6.45, 7) is 4.26. The van der Waals surface area contributed by atoms with Crippen molar-refractivity contribution in [2.24, 2.45) is 23.0 Å². The van der Waals surface area contributed by atoms with Crippen LogP contribution >= 0.6 is 0 Å². The highest BCUT2D eigenvalue weighted by Gasteiger charge is 2.60. The van der Waals surface area contributed by atoms with Gasteiger partial charge in [-0.05, 0) is 23.7 Å². The molecule has 13 heavy (non-hydrogen) atoms. The molecule has 0 radical (unpaired) electrons. The molecule has 1 aliphatic carbocycles. The van der Waals surface area contributed by atoms with Gasteiger partial charge in [0, 0.05) is 6.04 Å². The van der Waals surface area contributed by atoms with Gasteiger partial charge in [0.1, 0.15) is 0 Å². The topological polar surface area (TPSA) is 60.2 Å². The Morgan fingerprint density at radius 3 is 2.23 bits per heavy atom. The quantitative estimate of drug-likeness (QED) is 0.671. The third-order valence-corrected chi connectivity index (χ3v) is 5.57. The number of hydrogen-bond acceptors (Lipinski definition) is 3. The Morgan fingerprint density at radius 2 is 1.92 bits per heavy atom. The van der Waals surface area contributed by atoms with Gasteiger partial charge in [-0.1, -0.05) is 13.8 Å². The first kappa shape index (κ1) is 9.46. The highest BCUT2D eigenvalue weighted by molar-refractivity contribution is 7.91. The molecule has 0 aromatic rings. The molecule has 1 unspecified atom stereocenters. The second-order valence-electron chi connectivity index (χ2n) is 5.04.